The highest BCUT2D eigenvalue weighted by molar-refractivity contribution is 5.76. The normalized spacial score (nSPS) is 13.7. The summed E-state index contributed by atoms with van der Waals surface area (Å²) in [5, 5.41) is 0. The van der Waals surface area contributed by atoms with Crippen molar-refractivity contribution >= 4 is 5.91 Å². The summed E-state index contributed by atoms with van der Waals surface area (Å²) in [5.41, 5.74) is 8.87. The van der Waals surface area contributed by atoms with E-state index in [0.717, 1.165) is 34.6 Å². The van der Waals surface area contributed by atoms with Crippen LogP contribution in [0.3, 0.4) is 0 Å². The minimum Gasteiger partial charge on any atom is -0.486 e. The number of hydrogen-bond acceptors (Lipinski definition) is 6. The molecule has 0 radical (unpaired) electrons. The number of fused-ring (bicyclic) bond motifs is 1. The average Bonchev–Trinajstić information content (AvgIpc) is 2.81. The quantitative estimate of drug-likeness (QED) is 0.574. The van der Waals surface area contributed by atoms with Crippen LogP contribution in [0.1, 0.15) is 22.7 Å². The molecule has 7 heteroatoms. The zero-order chi connectivity index (χ0) is 21.5. The van der Waals surface area contributed by atoms with Crippen molar-refractivity contribution in [2.45, 2.75) is 18.9 Å². The molecule has 0 saturated heterocycles. The Balaban J connectivity index is 1.65. The first-order valence-electron chi connectivity index (χ1n) is 10.4. The van der Waals surface area contributed by atoms with Crippen molar-refractivity contribution in [3.05, 3.63) is 83.9 Å². The Morgan fingerprint density at radius 3 is 2.39 bits per heavy atom. The molecule has 3 aromatic rings. The van der Waals surface area contributed by atoms with E-state index in [2.05, 4.69) is 14.9 Å². The fourth-order valence-electron chi connectivity index (χ4n) is 3.83. The Bertz CT molecular complexity index is 998. The number of amides is 1. The fraction of sp³-hybridized carbons (Fsp3) is 0.292. The second kappa shape index (κ2) is 10.0. The Morgan fingerprint density at radius 1 is 1.00 bits per heavy atom. The molecule has 2 aromatic heterocycles. The average molecular weight is 418 g/mol. The topological polar surface area (TPSA) is 90.6 Å². The van der Waals surface area contributed by atoms with Crippen molar-refractivity contribution < 1.29 is 14.3 Å². The third-order valence-electron chi connectivity index (χ3n) is 5.31. The van der Waals surface area contributed by atoms with Crippen molar-refractivity contribution in [1.82, 2.24) is 14.9 Å². The third kappa shape index (κ3) is 5.58. The van der Waals surface area contributed by atoms with Crippen LogP contribution in [-0.2, 0) is 17.6 Å². The molecule has 4 rings (SSSR count). The number of ether oxygens (including phenoxy) is 2. The molecule has 0 fully saturated rings. The van der Waals surface area contributed by atoms with Gasteiger partial charge in [-0.1, -0.05) is 18.2 Å². The summed E-state index contributed by atoms with van der Waals surface area (Å²) >= 11 is 0. The molecule has 1 amide bonds. The number of carbonyl (C=O) groups excluding carboxylic acids is 1. The monoisotopic (exact) mass is 418 g/mol. The first kappa shape index (κ1) is 20.8. The van der Waals surface area contributed by atoms with E-state index in [4.69, 9.17) is 15.2 Å². The Labute approximate surface area is 181 Å². The van der Waals surface area contributed by atoms with E-state index in [9.17, 15) is 4.79 Å². The van der Waals surface area contributed by atoms with Gasteiger partial charge in [0.2, 0.25) is 5.91 Å². The van der Waals surface area contributed by atoms with Crippen LogP contribution < -0.4 is 15.2 Å². The standard InChI is InChI=1S/C24H26N4O3/c25-24(29)17-28(10-7-18-3-1-8-26-15-18)21(13-19-4-2-9-27-16-19)20-5-6-22-23(14-20)31-12-11-30-22/h1-6,8-9,14-16,21H,7,10-13,17H2,(H2,25,29). The number of hydrogen-bond donors (Lipinski definition) is 1. The van der Waals surface area contributed by atoms with E-state index in [1.807, 2.05) is 54.9 Å². The van der Waals surface area contributed by atoms with Crippen LogP contribution in [0.25, 0.3) is 0 Å². The summed E-state index contributed by atoms with van der Waals surface area (Å²) in [4.78, 5) is 22.5. The van der Waals surface area contributed by atoms with Gasteiger partial charge in [0, 0.05) is 37.4 Å². The molecule has 160 valence electrons. The Morgan fingerprint density at radius 2 is 1.71 bits per heavy atom. The Hall–Kier alpha value is -3.45. The fourth-order valence-corrected chi connectivity index (χ4v) is 3.83. The van der Waals surface area contributed by atoms with Crippen molar-refractivity contribution in [3.63, 3.8) is 0 Å². The molecule has 1 aliphatic rings. The van der Waals surface area contributed by atoms with Gasteiger partial charge in [-0.05, 0) is 53.8 Å². The number of carbonyl (C=O) groups is 1. The SMILES string of the molecule is NC(=O)CN(CCc1cccnc1)C(Cc1cccnc1)c1ccc2c(c1)OCCO2. The van der Waals surface area contributed by atoms with Crippen LogP contribution in [0.15, 0.2) is 67.3 Å². The van der Waals surface area contributed by atoms with Gasteiger partial charge in [0.15, 0.2) is 11.5 Å². The summed E-state index contributed by atoms with van der Waals surface area (Å²) < 4.78 is 11.5. The maximum atomic E-state index is 12.0. The van der Waals surface area contributed by atoms with E-state index >= 15 is 0 Å². The molecule has 2 N–H and O–H groups in total. The lowest BCUT2D eigenvalue weighted by atomic mass is 9.97. The molecule has 0 spiro atoms. The van der Waals surface area contributed by atoms with Crippen LogP contribution in [0.2, 0.25) is 0 Å². The zero-order valence-electron chi connectivity index (χ0n) is 17.3. The van der Waals surface area contributed by atoms with Crippen LogP contribution in [0.5, 0.6) is 11.5 Å². The second-order valence-corrected chi connectivity index (χ2v) is 7.53. The third-order valence-corrected chi connectivity index (χ3v) is 5.31. The van der Waals surface area contributed by atoms with Gasteiger partial charge in [0.25, 0.3) is 0 Å². The van der Waals surface area contributed by atoms with Gasteiger partial charge in [0.1, 0.15) is 13.2 Å². The lowest BCUT2D eigenvalue weighted by Crippen LogP contribution is -2.39. The van der Waals surface area contributed by atoms with Crippen LogP contribution in [-0.4, -0.2) is 47.1 Å². The molecule has 7 nitrogen and oxygen atoms in total. The minimum absolute atomic E-state index is 0.0794. The highest BCUT2D eigenvalue weighted by Gasteiger charge is 2.24. The highest BCUT2D eigenvalue weighted by Crippen LogP contribution is 2.35. The van der Waals surface area contributed by atoms with E-state index in [1.165, 1.54) is 0 Å². The predicted octanol–water partition coefficient (Wildman–Crippen LogP) is 2.56. The van der Waals surface area contributed by atoms with Crippen molar-refractivity contribution in [1.29, 1.82) is 0 Å². The number of primary amides is 1. The highest BCUT2D eigenvalue weighted by atomic mass is 16.6. The molecule has 1 aliphatic heterocycles. The molecule has 0 bridgehead atoms. The van der Waals surface area contributed by atoms with Gasteiger partial charge in [-0.3, -0.25) is 19.7 Å². The van der Waals surface area contributed by atoms with E-state index in [1.54, 1.807) is 12.4 Å². The Kier molecular flexibility index (Phi) is 6.74. The lowest BCUT2D eigenvalue weighted by Gasteiger charge is -2.32. The first-order valence-corrected chi connectivity index (χ1v) is 10.4. The van der Waals surface area contributed by atoms with Gasteiger partial charge in [-0.15, -0.1) is 0 Å². The molecule has 0 saturated carbocycles. The van der Waals surface area contributed by atoms with Crippen LogP contribution in [0, 0.1) is 0 Å². The summed E-state index contributed by atoms with van der Waals surface area (Å²) in [7, 11) is 0. The molecule has 0 aliphatic carbocycles. The van der Waals surface area contributed by atoms with Crippen molar-refractivity contribution in [2.24, 2.45) is 5.73 Å². The second-order valence-electron chi connectivity index (χ2n) is 7.53. The largest absolute Gasteiger partial charge is 0.486 e. The zero-order valence-corrected chi connectivity index (χ0v) is 17.3. The number of pyridine rings is 2. The first-order chi connectivity index (χ1) is 15.2. The van der Waals surface area contributed by atoms with Crippen LogP contribution >= 0.6 is 0 Å². The minimum atomic E-state index is -0.361. The summed E-state index contributed by atoms with van der Waals surface area (Å²) in [6, 6.07) is 13.8. The predicted molar refractivity (Wildman–Crippen MR) is 117 cm³/mol. The van der Waals surface area contributed by atoms with Gasteiger partial charge in [-0.25, -0.2) is 0 Å². The summed E-state index contributed by atoms with van der Waals surface area (Å²) in [5.74, 6) is 1.11. The van der Waals surface area contributed by atoms with E-state index < -0.39 is 0 Å². The van der Waals surface area contributed by atoms with E-state index in [-0.39, 0.29) is 18.5 Å². The molecule has 1 atom stereocenters. The van der Waals surface area contributed by atoms with Gasteiger partial charge in [-0.2, -0.15) is 0 Å². The number of aromatic nitrogens is 2. The maximum absolute atomic E-state index is 12.0. The molecule has 31 heavy (non-hydrogen) atoms. The summed E-state index contributed by atoms with van der Waals surface area (Å²) in [6.45, 7) is 1.88. The molecular formula is C24H26N4O3. The summed E-state index contributed by atoms with van der Waals surface area (Å²) in [6.07, 6.45) is 8.66. The number of benzene rings is 1. The molecule has 1 unspecified atom stereocenters. The smallest absolute Gasteiger partial charge is 0.231 e. The molecule has 1 aromatic carbocycles. The number of rotatable bonds is 9. The molecular weight excluding hydrogens is 392 g/mol. The van der Waals surface area contributed by atoms with Gasteiger partial charge >= 0.3 is 0 Å². The van der Waals surface area contributed by atoms with Gasteiger partial charge < -0.3 is 15.2 Å². The van der Waals surface area contributed by atoms with Crippen molar-refractivity contribution in [2.75, 3.05) is 26.3 Å². The maximum Gasteiger partial charge on any atom is 0.231 e. The van der Waals surface area contributed by atoms with Gasteiger partial charge in [0.05, 0.1) is 6.54 Å². The van der Waals surface area contributed by atoms with Crippen molar-refractivity contribution in [3.8, 4) is 11.5 Å². The molecule has 3 heterocycles. The van der Waals surface area contributed by atoms with Crippen LogP contribution in [0.4, 0.5) is 0 Å². The number of nitrogens with two attached hydrogens (primary N) is 1. The van der Waals surface area contributed by atoms with E-state index in [0.29, 0.717) is 26.2 Å². The number of nitrogens with zero attached hydrogens (tertiary/aromatic N) is 3. The lowest BCUT2D eigenvalue weighted by molar-refractivity contribution is -0.119.